The van der Waals surface area contributed by atoms with E-state index < -0.39 is 15.8 Å². The molecule has 1 atom stereocenters. The number of hydrogen-bond donors (Lipinski definition) is 1. The number of sulfonamides is 1. The molecule has 0 amide bonds. The molecule has 0 aromatic heterocycles. The van der Waals surface area contributed by atoms with Crippen LogP contribution in [0.1, 0.15) is 32.6 Å². The van der Waals surface area contributed by atoms with Crippen molar-refractivity contribution in [1.29, 1.82) is 0 Å². The zero-order chi connectivity index (χ0) is 15.6. The van der Waals surface area contributed by atoms with Crippen molar-refractivity contribution in [3.8, 4) is 5.75 Å². The third-order valence-electron chi connectivity index (χ3n) is 3.90. The summed E-state index contributed by atoms with van der Waals surface area (Å²) < 4.78 is 45.6. The smallest absolute Gasteiger partial charge is 0.243 e. The van der Waals surface area contributed by atoms with Crippen LogP contribution >= 0.6 is 0 Å². The molecule has 1 unspecified atom stereocenters. The van der Waals surface area contributed by atoms with E-state index in [-0.39, 0.29) is 22.4 Å². The first-order valence-electron chi connectivity index (χ1n) is 7.06. The number of methoxy groups -OCH3 is 1. The van der Waals surface area contributed by atoms with Crippen LogP contribution in [0.4, 0.5) is 10.1 Å². The van der Waals surface area contributed by atoms with Gasteiger partial charge in [-0.3, -0.25) is 0 Å². The monoisotopic (exact) mass is 316 g/mol. The summed E-state index contributed by atoms with van der Waals surface area (Å²) in [6.07, 6.45) is 3.42. The third kappa shape index (κ3) is 2.98. The van der Waals surface area contributed by atoms with Gasteiger partial charge >= 0.3 is 0 Å². The Labute approximate surface area is 124 Å². The number of hydrogen-bond acceptors (Lipinski definition) is 4. The second-order valence-corrected chi connectivity index (χ2v) is 7.09. The molecule has 21 heavy (non-hydrogen) atoms. The van der Waals surface area contributed by atoms with E-state index >= 15 is 0 Å². The normalized spacial score (nSPS) is 20.4. The summed E-state index contributed by atoms with van der Waals surface area (Å²) in [6.45, 7) is 2.43. The standard InChI is InChI=1S/C14H21FN2O3S/c1-3-10-6-4-5-7-17(10)21(18,19)11-8-12(15)14(20-2)13(16)9-11/h8-10H,3-7,16H2,1-2H3. The summed E-state index contributed by atoms with van der Waals surface area (Å²) in [6, 6.07) is 2.21. The molecule has 0 aliphatic carbocycles. The fourth-order valence-corrected chi connectivity index (χ4v) is 4.60. The zero-order valence-electron chi connectivity index (χ0n) is 12.3. The van der Waals surface area contributed by atoms with Gasteiger partial charge in [0.15, 0.2) is 11.6 Å². The highest BCUT2D eigenvalue weighted by Gasteiger charge is 2.33. The van der Waals surface area contributed by atoms with Crippen LogP contribution < -0.4 is 10.5 Å². The summed E-state index contributed by atoms with van der Waals surface area (Å²) in [5, 5.41) is 0. The van der Waals surface area contributed by atoms with Gasteiger partial charge in [0, 0.05) is 12.6 Å². The molecule has 1 aliphatic rings. The fraction of sp³-hybridized carbons (Fsp3) is 0.571. The molecule has 0 spiro atoms. The molecule has 0 saturated carbocycles. The summed E-state index contributed by atoms with van der Waals surface area (Å²) in [7, 11) is -2.44. The molecule has 118 valence electrons. The fourth-order valence-electron chi connectivity index (χ4n) is 2.79. The van der Waals surface area contributed by atoms with E-state index in [1.54, 1.807) is 0 Å². The van der Waals surface area contributed by atoms with Crippen LogP contribution in [0.25, 0.3) is 0 Å². The van der Waals surface area contributed by atoms with Crippen LogP contribution in [0.2, 0.25) is 0 Å². The van der Waals surface area contributed by atoms with Crippen molar-refractivity contribution in [2.75, 3.05) is 19.4 Å². The van der Waals surface area contributed by atoms with Gasteiger partial charge in [0.1, 0.15) is 0 Å². The summed E-state index contributed by atoms with van der Waals surface area (Å²) >= 11 is 0. The molecule has 0 bridgehead atoms. The molecule has 5 nitrogen and oxygen atoms in total. The number of rotatable bonds is 4. The molecular weight excluding hydrogens is 295 g/mol. The Morgan fingerprint density at radius 2 is 2.14 bits per heavy atom. The topological polar surface area (TPSA) is 72.6 Å². The number of anilines is 1. The van der Waals surface area contributed by atoms with Crippen LogP contribution in [-0.2, 0) is 10.0 Å². The van der Waals surface area contributed by atoms with Gasteiger partial charge in [-0.15, -0.1) is 0 Å². The predicted molar refractivity (Wildman–Crippen MR) is 79.2 cm³/mol. The highest BCUT2D eigenvalue weighted by atomic mass is 32.2. The molecule has 1 aromatic rings. The van der Waals surface area contributed by atoms with Crippen molar-refractivity contribution >= 4 is 15.7 Å². The van der Waals surface area contributed by atoms with Gasteiger partial charge in [-0.05, 0) is 31.4 Å². The van der Waals surface area contributed by atoms with Crippen LogP contribution in [0.15, 0.2) is 17.0 Å². The first kappa shape index (κ1) is 16.0. The van der Waals surface area contributed by atoms with Crippen molar-refractivity contribution in [3.63, 3.8) is 0 Å². The van der Waals surface area contributed by atoms with Gasteiger partial charge in [-0.25, -0.2) is 12.8 Å². The molecule has 7 heteroatoms. The SMILES string of the molecule is CCC1CCCCN1S(=O)(=O)c1cc(N)c(OC)c(F)c1. The Balaban J connectivity index is 2.44. The number of benzene rings is 1. The molecule has 1 saturated heterocycles. The molecular formula is C14H21FN2O3S. The van der Waals surface area contributed by atoms with E-state index in [1.807, 2.05) is 6.92 Å². The van der Waals surface area contributed by atoms with Gasteiger partial charge in [0.25, 0.3) is 0 Å². The highest BCUT2D eigenvalue weighted by molar-refractivity contribution is 7.89. The van der Waals surface area contributed by atoms with E-state index in [9.17, 15) is 12.8 Å². The summed E-state index contributed by atoms with van der Waals surface area (Å²) in [4.78, 5) is -0.112. The Morgan fingerprint density at radius 1 is 1.43 bits per heavy atom. The van der Waals surface area contributed by atoms with Gasteiger partial charge in [-0.1, -0.05) is 13.3 Å². The molecule has 2 rings (SSSR count). The van der Waals surface area contributed by atoms with Crippen molar-refractivity contribution in [2.24, 2.45) is 0 Å². The minimum Gasteiger partial charge on any atom is -0.492 e. The Hall–Kier alpha value is -1.34. The quantitative estimate of drug-likeness (QED) is 0.866. The number of nitrogens with two attached hydrogens (primary N) is 1. The largest absolute Gasteiger partial charge is 0.492 e. The number of nitrogen functional groups attached to an aromatic ring is 1. The summed E-state index contributed by atoms with van der Waals surface area (Å²) in [5.41, 5.74) is 5.67. The van der Waals surface area contributed by atoms with Crippen molar-refractivity contribution in [2.45, 2.75) is 43.5 Å². The Morgan fingerprint density at radius 3 is 2.71 bits per heavy atom. The molecule has 1 aromatic carbocycles. The second-order valence-electron chi connectivity index (χ2n) is 5.20. The zero-order valence-corrected chi connectivity index (χ0v) is 13.1. The predicted octanol–water partition coefficient (Wildman–Crippen LogP) is 2.37. The third-order valence-corrected chi connectivity index (χ3v) is 5.83. The molecule has 1 heterocycles. The van der Waals surface area contributed by atoms with Crippen LogP contribution in [0.5, 0.6) is 5.75 Å². The maximum atomic E-state index is 13.9. The first-order valence-corrected chi connectivity index (χ1v) is 8.50. The van der Waals surface area contributed by atoms with Crippen molar-refractivity contribution < 1.29 is 17.5 Å². The molecule has 1 fully saturated rings. The Bertz CT molecular complexity index is 596. The lowest BCUT2D eigenvalue weighted by atomic mass is 10.0. The van der Waals surface area contributed by atoms with Gasteiger partial charge in [-0.2, -0.15) is 4.31 Å². The van der Waals surface area contributed by atoms with Crippen LogP contribution in [0.3, 0.4) is 0 Å². The van der Waals surface area contributed by atoms with Crippen molar-refractivity contribution in [3.05, 3.63) is 17.9 Å². The van der Waals surface area contributed by atoms with Crippen LogP contribution in [0, 0.1) is 5.82 Å². The average molecular weight is 316 g/mol. The average Bonchev–Trinajstić information content (AvgIpc) is 2.46. The summed E-state index contributed by atoms with van der Waals surface area (Å²) in [5.74, 6) is -0.888. The molecule has 1 aliphatic heterocycles. The molecule has 0 radical (unpaired) electrons. The lowest BCUT2D eigenvalue weighted by Crippen LogP contribution is -2.43. The molecule has 2 N–H and O–H groups in total. The number of nitrogens with zero attached hydrogens (tertiary/aromatic N) is 1. The minimum absolute atomic E-state index is 0.0128. The second kappa shape index (κ2) is 6.19. The lowest BCUT2D eigenvalue weighted by molar-refractivity contribution is 0.246. The van der Waals surface area contributed by atoms with E-state index in [4.69, 9.17) is 10.5 Å². The maximum Gasteiger partial charge on any atom is 0.243 e. The van der Waals surface area contributed by atoms with Gasteiger partial charge < -0.3 is 10.5 Å². The maximum absolute atomic E-state index is 13.9. The first-order chi connectivity index (χ1) is 9.91. The Kier molecular flexibility index (Phi) is 4.73. The van der Waals surface area contributed by atoms with E-state index in [2.05, 4.69) is 0 Å². The van der Waals surface area contributed by atoms with Gasteiger partial charge in [0.2, 0.25) is 10.0 Å². The van der Waals surface area contributed by atoms with E-state index in [0.717, 1.165) is 31.7 Å². The number of halogens is 1. The van der Waals surface area contributed by atoms with E-state index in [0.29, 0.717) is 6.54 Å². The van der Waals surface area contributed by atoms with Crippen molar-refractivity contribution in [1.82, 2.24) is 4.31 Å². The van der Waals surface area contributed by atoms with Gasteiger partial charge in [0.05, 0.1) is 17.7 Å². The number of piperidine rings is 1. The minimum atomic E-state index is -3.74. The lowest BCUT2D eigenvalue weighted by Gasteiger charge is -2.34. The number of ether oxygens (including phenoxy) is 1. The highest BCUT2D eigenvalue weighted by Crippen LogP contribution is 2.32. The van der Waals surface area contributed by atoms with E-state index in [1.165, 1.54) is 17.5 Å². The van der Waals surface area contributed by atoms with Crippen LogP contribution in [-0.4, -0.2) is 32.4 Å².